The fraction of sp³-hybridized carbons (Fsp3) is 0. The molecule has 0 spiro atoms. The van der Waals surface area contributed by atoms with Crippen molar-refractivity contribution < 1.29 is 9.90 Å². The Labute approximate surface area is 88.9 Å². The Bertz CT molecular complexity index is 315. The van der Waals surface area contributed by atoms with Gasteiger partial charge in [0.05, 0.1) is 5.56 Å². The van der Waals surface area contributed by atoms with Crippen LogP contribution in [0.25, 0.3) is 0 Å². The van der Waals surface area contributed by atoms with Crippen LogP contribution in [0.4, 0.5) is 0 Å². The van der Waals surface area contributed by atoms with Crippen LogP contribution in [-0.2, 0) is 0 Å². The SMILES string of the molecule is O=C(O)c1c(S)cc(Br)cc1S. The Balaban J connectivity index is 3.38. The summed E-state index contributed by atoms with van der Waals surface area (Å²) in [6.07, 6.45) is 0. The summed E-state index contributed by atoms with van der Waals surface area (Å²) in [5.41, 5.74) is 0.130. The molecule has 1 N–H and O–H groups in total. The van der Waals surface area contributed by atoms with E-state index >= 15 is 0 Å². The topological polar surface area (TPSA) is 37.3 Å². The largest absolute Gasteiger partial charge is 0.478 e. The highest BCUT2D eigenvalue weighted by molar-refractivity contribution is 9.10. The van der Waals surface area contributed by atoms with Crippen LogP contribution < -0.4 is 0 Å². The monoisotopic (exact) mass is 264 g/mol. The van der Waals surface area contributed by atoms with Gasteiger partial charge in [-0.15, -0.1) is 25.3 Å². The summed E-state index contributed by atoms with van der Waals surface area (Å²) in [6.45, 7) is 0. The minimum Gasteiger partial charge on any atom is -0.478 e. The maximum Gasteiger partial charge on any atom is 0.337 e. The van der Waals surface area contributed by atoms with E-state index in [9.17, 15) is 4.79 Å². The molecule has 1 aromatic carbocycles. The van der Waals surface area contributed by atoms with E-state index < -0.39 is 5.97 Å². The number of thiol groups is 2. The zero-order valence-corrected chi connectivity index (χ0v) is 9.16. The third-order valence-electron chi connectivity index (χ3n) is 1.28. The lowest BCUT2D eigenvalue weighted by atomic mass is 10.2. The van der Waals surface area contributed by atoms with E-state index in [1.807, 2.05) is 0 Å². The minimum atomic E-state index is -1.02. The fourth-order valence-electron chi connectivity index (χ4n) is 0.798. The van der Waals surface area contributed by atoms with Gasteiger partial charge in [-0.3, -0.25) is 0 Å². The van der Waals surface area contributed by atoms with Crippen LogP contribution in [0, 0.1) is 0 Å². The second-order valence-electron chi connectivity index (χ2n) is 2.12. The molecule has 0 aromatic heterocycles. The van der Waals surface area contributed by atoms with E-state index in [1.165, 1.54) is 0 Å². The lowest BCUT2D eigenvalue weighted by Gasteiger charge is -2.03. The number of benzene rings is 1. The van der Waals surface area contributed by atoms with Crippen LogP contribution in [0.2, 0.25) is 0 Å². The first-order valence-corrected chi connectivity index (χ1v) is 4.66. The lowest BCUT2D eigenvalue weighted by molar-refractivity contribution is 0.0689. The maximum atomic E-state index is 10.6. The number of carboxylic acids is 1. The van der Waals surface area contributed by atoms with Crippen LogP contribution in [0.3, 0.4) is 0 Å². The zero-order valence-electron chi connectivity index (χ0n) is 5.78. The molecule has 0 fully saturated rings. The molecule has 1 rings (SSSR count). The Morgan fingerprint density at radius 2 is 1.75 bits per heavy atom. The first kappa shape index (κ1) is 9.95. The van der Waals surface area contributed by atoms with E-state index in [2.05, 4.69) is 41.2 Å². The van der Waals surface area contributed by atoms with Crippen LogP contribution in [-0.4, -0.2) is 11.1 Å². The molecule has 64 valence electrons. The maximum absolute atomic E-state index is 10.6. The lowest BCUT2D eigenvalue weighted by Crippen LogP contribution is -1.99. The number of rotatable bonds is 1. The standard InChI is InChI=1S/C7H5BrO2S2/c8-3-1-4(11)6(7(9)10)5(12)2-3/h1-2,11-12H,(H,9,10). The van der Waals surface area contributed by atoms with Crippen molar-refractivity contribution in [3.8, 4) is 0 Å². The summed E-state index contributed by atoms with van der Waals surface area (Å²) < 4.78 is 0.766. The third-order valence-corrected chi connectivity index (χ3v) is 2.44. The normalized spacial score (nSPS) is 9.92. The van der Waals surface area contributed by atoms with Crippen molar-refractivity contribution >= 4 is 47.2 Å². The fourth-order valence-corrected chi connectivity index (χ4v) is 2.41. The quantitative estimate of drug-likeness (QED) is 0.683. The molecule has 0 heterocycles. The molecule has 0 bridgehead atoms. The van der Waals surface area contributed by atoms with Gasteiger partial charge in [-0.2, -0.15) is 0 Å². The van der Waals surface area contributed by atoms with E-state index in [1.54, 1.807) is 12.1 Å². The molecule has 0 unspecified atom stereocenters. The molecule has 0 amide bonds. The van der Waals surface area contributed by atoms with Crippen molar-refractivity contribution in [1.29, 1.82) is 0 Å². The molecule has 0 aliphatic rings. The van der Waals surface area contributed by atoms with Gasteiger partial charge in [0.1, 0.15) is 0 Å². The second-order valence-corrected chi connectivity index (χ2v) is 4.00. The first-order chi connectivity index (χ1) is 5.52. The van der Waals surface area contributed by atoms with Crippen LogP contribution in [0.15, 0.2) is 26.4 Å². The van der Waals surface area contributed by atoms with Crippen molar-refractivity contribution in [3.05, 3.63) is 22.2 Å². The van der Waals surface area contributed by atoms with Crippen LogP contribution in [0.5, 0.6) is 0 Å². The van der Waals surface area contributed by atoms with Gasteiger partial charge in [0.2, 0.25) is 0 Å². The average Bonchev–Trinajstić information content (AvgIpc) is 1.82. The highest BCUT2D eigenvalue weighted by atomic mass is 79.9. The summed E-state index contributed by atoms with van der Waals surface area (Å²) in [4.78, 5) is 11.4. The minimum absolute atomic E-state index is 0.130. The Hall–Kier alpha value is -0.130. The van der Waals surface area contributed by atoms with Gasteiger partial charge in [0, 0.05) is 14.3 Å². The average molecular weight is 265 g/mol. The van der Waals surface area contributed by atoms with Gasteiger partial charge in [-0.1, -0.05) is 15.9 Å². The zero-order chi connectivity index (χ0) is 9.30. The molecular formula is C7H5BrO2S2. The van der Waals surface area contributed by atoms with Gasteiger partial charge in [0.15, 0.2) is 0 Å². The summed E-state index contributed by atoms with van der Waals surface area (Å²) in [5, 5.41) is 8.72. The van der Waals surface area contributed by atoms with Crippen molar-refractivity contribution in [2.24, 2.45) is 0 Å². The Kier molecular flexibility index (Phi) is 3.09. The predicted molar refractivity (Wildman–Crippen MR) is 55.6 cm³/mol. The highest BCUT2D eigenvalue weighted by Crippen LogP contribution is 2.26. The molecule has 0 aliphatic heterocycles. The van der Waals surface area contributed by atoms with Crippen molar-refractivity contribution in [2.45, 2.75) is 9.79 Å². The second kappa shape index (κ2) is 3.72. The van der Waals surface area contributed by atoms with E-state index in [0.29, 0.717) is 9.79 Å². The number of hydrogen-bond donors (Lipinski definition) is 3. The Morgan fingerprint density at radius 3 is 2.08 bits per heavy atom. The number of hydrogen-bond acceptors (Lipinski definition) is 3. The van der Waals surface area contributed by atoms with Gasteiger partial charge in [-0.25, -0.2) is 4.79 Å². The number of carbonyl (C=O) groups is 1. The molecule has 2 nitrogen and oxygen atoms in total. The van der Waals surface area contributed by atoms with E-state index in [-0.39, 0.29) is 5.56 Å². The van der Waals surface area contributed by atoms with Crippen molar-refractivity contribution in [3.63, 3.8) is 0 Å². The Morgan fingerprint density at radius 1 is 1.33 bits per heavy atom. The molecule has 0 radical (unpaired) electrons. The van der Waals surface area contributed by atoms with Crippen LogP contribution >= 0.6 is 41.2 Å². The van der Waals surface area contributed by atoms with Crippen molar-refractivity contribution in [2.75, 3.05) is 0 Å². The molecule has 5 heteroatoms. The molecule has 0 atom stereocenters. The van der Waals surface area contributed by atoms with Crippen molar-refractivity contribution in [1.82, 2.24) is 0 Å². The summed E-state index contributed by atoms with van der Waals surface area (Å²) in [7, 11) is 0. The molecular weight excluding hydrogens is 260 g/mol. The van der Waals surface area contributed by atoms with E-state index in [0.717, 1.165) is 4.47 Å². The molecule has 1 aromatic rings. The van der Waals surface area contributed by atoms with E-state index in [4.69, 9.17) is 5.11 Å². The highest BCUT2D eigenvalue weighted by Gasteiger charge is 2.12. The number of aromatic carboxylic acids is 1. The molecule has 0 aliphatic carbocycles. The van der Waals surface area contributed by atoms with Gasteiger partial charge >= 0.3 is 5.97 Å². The predicted octanol–water partition coefficient (Wildman–Crippen LogP) is 2.72. The number of halogens is 1. The smallest absolute Gasteiger partial charge is 0.337 e. The third kappa shape index (κ3) is 1.97. The first-order valence-electron chi connectivity index (χ1n) is 2.97. The molecule has 0 saturated heterocycles. The summed E-state index contributed by atoms with van der Waals surface area (Å²) >= 11 is 11.2. The van der Waals surface area contributed by atoms with Gasteiger partial charge in [-0.05, 0) is 12.1 Å². The van der Waals surface area contributed by atoms with Crippen LogP contribution in [0.1, 0.15) is 10.4 Å². The van der Waals surface area contributed by atoms with Gasteiger partial charge < -0.3 is 5.11 Å². The summed E-state index contributed by atoms with van der Waals surface area (Å²) in [6, 6.07) is 3.23. The number of carboxylic acid groups (broad SMARTS) is 1. The molecule has 12 heavy (non-hydrogen) atoms. The summed E-state index contributed by atoms with van der Waals surface area (Å²) in [5.74, 6) is -1.02. The van der Waals surface area contributed by atoms with Gasteiger partial charge in [0.25, 0.3) is 0 Å². The molecule has 0 saturated carbocycles.